The lowest BCUT2D eigenvalue weighted by molar-refractivity contribution is 0.0958. The van der Waals surface area contributed by atoms with Crippen molar-refractivity contribution in [3.63, 3.8) is 0 Å². The van der Waals surface area contributed by atoms with Gasteiger partial charge in [0.2, 0.25) is 0 Å². The summed E-state index contributed by atoms with van der Waals surface area (Å²) in [6, 6.07) is 0. The molecule has 0 atom stereocenters. The molecule has 0 fully saturated rings. The van der Waals surface area contributed by atoms with Crippen LogP contribution in [0.3, 0.4) is 0 Å². The highest BCUT2D eigenvalue weighted by molar-refractivity contribution is 5.94. The van der Waals surface area contributed by atoms with Crippen LogP contribution in [0.5, 0.6) is 0 Å². The van der Waals surface area contributed by atoms with Crippen LogP contribution in [0.15, 0.2) is 11.0 Å². The van der Waals surface area contributed by atoms with Crippen molar-refractivity contribution < 1.29 is 9.21 Å². The van der Waals surface area contributed by atoms with Crippen LogP contribution in [0.2, 0.25) is 0 Å². The Bertz CT molecular complexity index is 328. The van der Waals surface area contributed by atoms with E-state index in [1.165, 1.54) is 6.08 Å². The van der Waals surface area contributed by atoms with Gasteiger partial charge in [-0.15, -0.1) is 0 Å². The summed E-state index contributed by atoms with van der Waals surface area (Å²) in [5.74, 6) is 0.725. The lowest BCUT2D eigenvalue weighted by Crippen LogP contribution is -2.19. The average Bonchev–Trinajstić information content (AvgIpc) is 2.59. The number of amides is 1. The second-order valence-corrected chi connectivity index (χ2v) is 2.46. The van der Waals surface area contributed by atoms with Gasteiger partial charge in [0.1, 0.15) is 0 Å². The fraction of sp³-hybridized carbons (Fsp3) is 0.333. The Hall–Kier alpha value is -1.58. The van der Waals surface area contributed by atoms with Crippen molar-refractivity contribution in [1.82, 2.24) is 10.3 Å². The molecule has 0 aliphatic rings. The Labute approximate surface area is 76.7 Å². The second kappa shape index (κ2) is 3.89. The van der Waals surface area contributed by atoms with Gasteiger partial charge in [-0.25, -0.2) is 4.98 Å². The van der Waals surface area contributed by atoms with E-state index < -0.39 is 0 Å². The van der Waals surface area contributed by atoms with Crippen LogP contribution in [-0.2, 0) is 6.42 Å². The summed E-state index contributed by atoms with van der Waals surface area (Å²) >= 11 is 0. The number of aromatic nitrogens is 1. The Morgan fingerprint density at radius 3 is 2.92 bits per heavy atom. The van der Waals surface area contributed by atoms with Crippen LogP contribution in [0.25, 0.3) is 6.08 Å². The molecule has 1 aromatic rings. The summed E-state index contributed by atoms with van der Waals surface area (Å²) in [4.78, 5) is 15.3. The molecule has 1 amide bonds. The first-order chi connectivity index (χ1) is 6.22. The molecule has 0 saturated carbocycles. The van der Waals surface area contributed by atoms with Gasteiger partial charge in [0.15, 0.2) is 17.3 Å². The standard InChI is InChI=1S/C9H12N2O2/c1-4-6-8(9(12)10-3)11-7(5-2)13-6/h4H,1,5H2,2-3H3,(H,10,12). The minimum atomic E-state index is -0.252. The molecule has 4 heteroatoms. The molecule has 0 unspecified atom stereocenters. The van der Waals surface area contributed by atoms with E-state index in [2.05, 4.69) is 16.9 Å². The molecule has 0 aliphatic heterocycles. The quantitative estimate of drug-likeness (QED) is 0.761. The van der Waals surface area contributed by atoms with Gasteiger partial charge in [0.05, 0.1) is 0 Å². The molecular weight excluding hydrogens is 168 g/mol. The number of nitrogens with one attached hydrogen (secondary N) is 1. The smallest absolute Gasteiger partial charge is 0.273 e. The predicted octanol–water partition coefficient (Wildman–Crippen LogP) is 1.24. The van der Waals surface area contributed by atoms with Gasteiger partial charge in [0.25, 0.3) is 5.91 Å². The molecule has 0 aromatic carbocycles. The highest BCUT2D eigenvalue weighted by Gasteiger charge is 2.15. The zero-order chi connectivity index (χ0) is 9.84. The number of oxazole rings is 1. The van der Waals surface area contributed by atoms with Crippen molar-refractivity contribution in [1.29, 1.82) is 0 Å². The number of aryl methyl sites for hydroxylation is 1. The third-order valence-electron chi connectivity index (χ3n) is 1.63. The van der Waals surface area contributed by atoms with Gasteiger partial charge in [-0.2, -0.15) is 0 Å². The lowest BCUT2D eigenvalue weighted by atomic mass is 10.3. The van der Waals surface area contributed by atoms with Crippen LogP contribution in [-0.4, -0.2) is 17.9 Å². The molecule has 0 aliphatic carbocycles. The third kappa shape index (κ3) is 1.77. The van der Waals surface area contributed by atoms with Crippen molar-refractivity contribution in [2.75, 3.05) is 7.05 Å². The largest absolute Gasteiger partial charge is 0.441 e. The minimum absolute atomic E-state index is 0.252. The Kier molecular flexibility index (Phi) is 2.84. The van der Waals surface area contributed by atoms with Crippen LogP contribution in [0.1, 0.15) is 29.1 Å². The zero-order valence-corrected chi connectivity index (χ0v) is 7.76. The van der Waals surface area contributed by atoms with Crippen molar-refractivity contribution >= 4 is 12.0 Å². The normalized spacial score (nSPS) is 9.69. The molecule has 4 nitrogen and oxygen atoms in total. The van der Waals surface area contributed by atoms with Gasteiger partial charge in [-0.3, -0.25) is 4.79 Å². The van der Waals surface area contributed by atoms with Crippen LogP contribution >= 0.6 is 0 Å². The van der Waals surface area contributed by atoms with Crippen molar-refractivity contribution in [3.05, 3.63) is 23.9 Å². The lowest BCUT2D eigenvalue weighted by Gasteiger charge is -1.92. The fourth-order valence-electron chi connectivity index (χ4n) is 0.949. The average molecular weight is 180 g/mol. The Morgan fingerprint density at radius 2 is 2.46 bits per heavy atom. The van der Waals surface area contributed by atoms with Gasteiger partial charge in [-0.1, -0.05) is 13.5 Å². The molecule has 0 radical (unpaired) electrons. The SMILES string of the molecule is C=Cc1oc(CC)nc1C(=O)NC. The number of carbonyl (C=O) groups is 1. The van der Waals surface area contributed by atoms with Crippen molar-refractivity contribution in [2.24, 2.45) is 0 Å². The van der Waals surface area contributed by atoms with Crippen molar-refractivity contribution in [2.45, 2.75) is 13.3 Å². The highest BCUT2D eigenvalue weighted by Crippen LogP contribution is 2.12. The summed E-state index contributed by atoms with van der Waals surface area (Å²) in [6.45, 7) is 5.45. The first kappa shape index (κ1) is 9.51. The molecule has 1 N–H and O–H groups in total. The topological polar surface area (TPSA) is 55.1 Å². The molecule has 1 aromatic heterocycles. The summed E-state index contributed by atoms with van der Waals surface area (Å²) < 4.78 is 5.25. The van der Waals surface area contributed by atoms with Crippen LogP contribution < -0.4 is 5.32 Å². The molecule has 1 rings (SSSR count). The van der Waals surface area contributed by atoms with Crippen LogP contribution in [0, 0.1) is 0 Å². The summed E-state index contributed by atoms with van der Waals surface area (Å²) in [5, 5.41) is 2.48. The van der Waals surface area contributed by atoms with Gasteiger partial charge in [-0.05, 0) is 6.08 Å². The van der Waals surface area contributed by atoms with E-state index in [1.54, 1.807) is 7.05 Å². The number of hydrogen-bond donors (Lipinski definition) is 1. The van der Waals surface area contributed by atoms with Crippen LogP contribution in [0.4, 0.5) is 0 Å². The van der Waals surface area contributed by atoms with E-state index in [9.17, 15) is 4.79 Å². The van der Waals surface area contributed by atoms with Gasteiger partial charge < -0.3 is 9.73 Å². The van der Waals surface area contributed by atoms with E-state index in [0.717, 1.165) is 0 Å². The summed E-state index contributed by atoms with van der Waals surface area (Å²) in [5.41, 5.74) is 0.300. The molecule has 0 bridgehead atoms. The van der Waals surface area contributed by atoms with E-state index >= 15 is 0 Å². The maximum Gasteiger partial charge on any atom is 0.273 e. The van der Waals surface area contributed by atoms with E-state index in [0.29, 0.717) is 23.8 Å². The maximum absolute atomic E-state index is 11.2. The molecule has 0 spiro atoms. The number of hydrogen-bond acceptors (Lipinski definition) is 3. The molecule has 0 saturated heterocycles. The predicted molar refractivity (Wildman–Crippen MR) is 49.4 cm³/mol. The molecule has 70 valence electrons. The van der Waals surface area contributed by atoms with Crippen molar-refractivity contribution in [3.8, 4) is 0 Å². The number of carbonyl (C=O) groups excluding carboxylic acids is 1. The van der Waals surface area contributed by atoms with E-state index in [1.807, 2.05) is 6.92 Å². The fourth-order valence-corrected chi connectivity index (χ4v) is 0.949. The second-order valence-electron chi connectivity index (χ2n) is 2.46. The first-order valence-electron chi connectivity index (χ1n) is 4.07. The zero-order valence-electron chi connectivity index (χ0n) is 7.76. The van der Waals surface area contributed by atoms with Gasteiger partial charge in [0, 0.05) is 13.5 Å². The van der Waals surface area contributed by atoms with E-state index in [4.69, 9.17) is 4.42 Å². The summed E-state index contributed by atoms with van der Waals surface area (Å²) in [6.07, 6.45) is 2.15. The molecular formula is C9H12N2O2. The Balaban J connectivity index is 3.10. The Morgan fingerprint density at radius 1 is 1.77 bits per heavy atom. The monoisotopic (exact) mass is 180 g/mol. The number of rotatable bonds is 3. The maximum atomic E-state index is 11.2. The minimum Gasteiger partial charge on any atom is -0.441 e. The third-order valence-corrected chi connectivity index (χ3v) is 1.63. The molecule has 1 heterocycles. The van der Waals surface area contributed by atoms with Gasteiger partial charge >= 0.3 is 0 Å². The number of nitrogens with zero attached hydrogens (tertiary/aromatic N) is 1. The highest BCUT2D eigenvalue weighted by atomic mass is 16.4. The van der Waals surface area contributed by atoms with E-state index in [-0.39, 0.29) is 5.91 Å². The molecule has 13 heavy (non-hydrogen) atoms. The first-order valence-corrected chi connectivity index (χ1v) is 4.07. The summed E-state index contributed by atoms with van der Waals surface area (Å²) in [7, 11) is 1.55.